The molecule has 2 aromatic rings. The Kier molecular flexibility index (Phi) is 2.10. The van der Waals surface area contributed by atoms with Crippen molar-refractivity contribution in [3.8, 4) is 0 Å². The summed E-state index contributed by atoms with van der Waals surface area (Å²) in [5, 5.41) is 11.7. The van der Waals surface area contributed by atoms with Gasteiger partial charge in [-0.05, 0) is 31.5 Å². The fourth-order valence-corrected chi connectivity index (χ4v) is 2.07. The number of pyridine rings is 1. The second kappa shape index (κ2) is 3.58. The Balaban J connectivity index is 2.02. The van der Waals surface area contributed by atoms with Crippen molar-refractivity contribution in [1.82, 2.24) is 25.3 Å². The lowest BCUT2D eigenvalue weighted by atomic mass is 10.1. The molecule has 15 heavy (non-hydrogen) atoms. The average molecular weight is 203 g/mol. The van der Waals surface area contributed by atoms with E-state index in [-0.39, 0.29) is 0 Å². The molecule has 0 spiro atoms. The first kappa shape index (κ1) is 8.79. The van der Waals surface area contributed by atoms with Gasteiger partial charge in [0.25, 0.3) is 0 Å². The highest BCUT2D eigenvalue weighted by atomic mass is 15.5. The molecule has 0 aliphatic carbocycles. The smallest absolute Gasteiger partial charge is 0.178 e. The van der Waals surface area contributed by atoms with Crippen LogP contribution < -0.4 is 5.32 Å². The van der Waals surface area contributed by atoms with Gasteiger partial charge in [-0.15, -0.1) is 5.10 Å². The molecule has 0 aromatic carbocycles. The lowest BCUT2D eigenvalue weighted by Crippen LogP contribution is -2.32. The molecule has 2 aromatic heterocycles. The number of nitrogens with zero attached hydrogens (tertiary/aromatic N) is 4. The number of hydrogen-bond acceptors (Lipinski definition) is 4. The fraction of sp³-hybridized carbons (Fsp3) is 0.500. The van der Waals surface area contributed by atoms with Gasteiger partial charge in [0.15, 0.2) is 5.65 Å². The summed E-state index contributed by atoms with van der Waals surface area (Å²) in [4.78, 5) is 4.33. The minimum Gasteiger partial charge on any atom is -0.315 e. The Bertz CT molecular complexity index is 458. The Labute approximate surface area is 87.5 Å². The van der Waals surface area contributed by atoms with Gasteiger partial charge in [0.1, 0.15) is 5.52 Å². The second-order valence-electron chi connectivity index (χ2n) is 3.88. The SMILES string of the molecule is c1cnc2c(c1)nnn2C1CCCNC1. The van der Waals surface area contributed by atoms with Crippen LogP contribution in [0.1, 0.15) is 18.9 Å². The third-order valence-corrected chi connectivity index (χ3v) is 2.85. The van der Waals surface area contributed by atoms with Gasteiger partial charge < -0.3 is 5.32 Å². The highest BCUT2D eigenvalue weighted by molar-refractivity contribution is 5.68. The monoisotopic (exact) mass is 203 g/mol. The first-order chi connectivity index (χ1) is 7.45. The number of aromatic nitrogens is 4. The molecule has 1 saturated heterocycles. The minimum absolute atomic E-state index is 0.402. The van der Waals surface area contributed by atoms with Gasteiger partial charge in [-0.1, -0.05) is 5.21 Å². The van der Waals surface area contributed by atoms with E-state index in [2.05, 4.69) is 20.6 Å². The van der Waals surface area contributed by atoms with E-state index in [0.717, 1.165) is 30.7 Å². The van der Waals surface area contributed by atoms with E-state index in [0.29, 0.717) is 6.04 Å². The molecule has 5 nitrogen and oxygen atoms in total. The molecule has 0 amide bonds. The van der Waals surface area contributed by atoms with Gasteiger partial charge in [-0.25, -0.2) is 9.67 Å². The zero-order valence-corrected chi connectivity index (χ0v) is 8.43. The molecule has 3 heterocycles. The van der Waals surface area contributed by atoms with Crippen molar-refractivity contribution in [2.45, 2.75) is 18.9 Å². The summed E-state index contributed by atoms with van der Waals surface area (Å²) >= 11 is 0. The van der Waals surface area contributed by atoms with E-state index in [1.807, 2.05) is 16.8 Å². The molecule has 1 fully saturated rings. The average Bonchev–Trinajstić information content (AvgIpc) is 2.74. The maximum Gasteiger partial charge on any atom is 0.178 e. The summed E-state index contributed by atoms with van der Waals surface area (Å²) in [7, 11) is 0. The quantitative estimate of drug-likeness (QED) is 0.743. The van der Waals surface area contributed by atoms with Crippen LogP contribution in [-0.4, -0.2) is 33.1 Å². The van der Waals surface area contributed by atoms with Crippen LogP contribution in [0.4, 0.5) is 0 Å². The summed E-state index contributed by atoms with van der Waals surface area (Å²) in [5.41, 5.74) is 1.77. The zero-order valence-electron chi connectivity index (χ0n) is 8.43. The van der Waals surface area contributed by atoms with Crippen LogP contribution in [-0.2, 0) is 0 Å². The topological polar surface area (TPSA) is 55.6 Å². The normalized spacial score (nSPS) is 22.0. The molecule has 3 rings (SSSR count). The van der Waals surface area contributed by atoms with Gasteiger partial charge in [0.2, 0.25) is 0 Å². The highest BCUT2D eigenvalue weighted by Gasteiger charge is 2.18. The molecule has 0 saturated carbocycles. The van der Waals surface area contributed by atoms with Crippen LogP contribution in [0, 0.1) is 0 Å². The summed E-state index contributed by atoms with van der Waals surface area (Å²) in [6.07, 6.45) is 4.14. The summed E-state index contributed by atoms with van der Waals surface area (Å²) in [6, 6.07) is 4.24. The Morgan fingerprint density at radius 2 is 2.47 bits per heavy atom. The number of fused-ring (bicyclic) bond motifs is 1. The number of rotatable bonds is 1. The molecular formula is C10H13N5. The predicted octanol–water partition coefficient (Wildman–Crippen LogP) is 0.751. The van der Waals surface area contributed by atoms with E-state index in [1.54, 1.807) is 6.20 Å². The molecule has 1 aliphatic rings. The number of piperidine rings is 1. The predicted molar refractivity (Wildman–Crippen MR) is 56.5 cm³/mol. The van der Waals surface area contributed by atoms with Crippen molar-refractivity contribution in [3.63, 3.8) is 0 Å². The van der Waals surface area contributed by atoms with Gasteiger partial charge in [0, 0.05) is 12.7 Å². The molecule has 5 heteroatoms. The van der Waals surface area contributed by atoms with Crippen LogP contribution in [0.25, 0.3) is 11.2 Å². The lowest BCUT2D eigenvalue weighted by Gasteiger charge is -2.22. The Hall–Kier alpha value is -1.49. The van der Waals surface area contributed by atoms with Gasteiger partial charge >= 0.3 is 0 Å². The molecule has 1 aliphatic heterocycles. The van der Waals surface area contributed by atoms with E-state index in [4.69, 9.17) is 0 Å². The van der Waals surface area contributed by atoms with E-state index in [9.17, 15) is 0 Å². The maximum absolute atomic E-state index is 4.33. The third-order valence-electron chi connectivity index (χ3n) is 2.85. The highest BCUT2D eigenvalue weighted by Crippen LogP contribution is 2.19. The van der Waals surface area contributed by atoms with Gasteiger partial charge in [-0.2, -0.15) is 0 Å². The largest absolute Gasteiger partial charge is 0.315 e. The van der Waals surface area contributed by atoms with E-state index in [1.165, 1.54) is 6.42 Å². The summed E-state index contributed by atoms with van der Waals surface area (Å²) in [5.74, 6) is 0. The second-order valence-corrected chi connectivity index (χ2v) is 3.88. The summed E-state index contributed by atoms with van der Waals surface area (Å²) < 4.78 is 1.95. The first-order valence-corrected chi connectivity index (χ1v) is 5.32. The van der Waals surface area contributed by atoms with Crippen LogP contribution in [0.3, 0.4) is 0 Å². The third kappa shape index (κ3) is 1.48. The van der Waals surface area contributed by atoms with Crippen molar-refractivity contribution in [1.29, 1.82) is 0 Å². The molecule has 78 valence electrons. The first-order valence-electron chi connectivity index (χ1n) is 5.32. The molecule has 1 atom stereocenters. The van der Waals surface area contributed by atoms with Crippen LogP contribution >= 0.6 is 0 Å². The van der Waals surface area contributed by atoms with Gasteiger partial charge in [0.05, 0.1) is 6.04 Å². The summed E-state index contributed by atoms with van der Waals surface area (Å²) in [6.45, 7) is 2.07. The zero-order chi connectivity index (χ0) is 10.1. The van der Waals surface area contributed by atoms with Crippen molar-refractivity contribution in [2.24, 2.45) is 0 Å². The van der Waals surface area contributed by atoms with Crippen molar-refractivity contribution in [3.05, 3.63) is 18.3 Å². The maximum atomic E-state index is 4.33. The van der Waals surface area contributed by atoms with E-state index >= 15 is 0 Å². The number of hydrogen-bond donors (Lipinski definition) is 1. The van der Waals surface area contributed by atoms with Gasteiger partial charge in [-0.3, -0.25) is 0 Å². The van der Waals surface area contributed by atoms with Crippen LogP contribution in [0.2, 0.25) is 0 Å². The van der Waals surface area contributed by atoms with Crippen molar-refractivity contribution in [2.75, 3.05) is 13.1 Å². The fourth-order valence-electron chi connectivity index (χ4n) is 2.07. The Morgan fingerprint density at radius 3 is 3.33 bits per heavy atom. The molecule has 1 N–H and O–H groups in total. The molecular weight excluding hydrogens is 190 g/mol. The van der Waals surface area contributed by atoms with Crippen molar-refractivity contribution < 1.29 is 0 Å². The minimum atomic E-state index is 0.402. The molecule has 0 bridgehead atoms. The Morgan fingerprint density at radius 1 is 1.47 bits per heavy atom. The number of nitrogens with one attached hydrogen (secondary N) is 1. The van der Waals surface area contributed by atoms with Crippen LogP contribution in [0.15, 0.2) is 18.3 Å². The standard InChI is InChI=1S/C10H13N5/c1-3-8(7-11-5-1)15-10-9(13-14-15)4-2-6-12-10/h2,4,6,8,11H,1,3,5,7H2. The van der Waals surface area contributed by atoms with E-state index < -0.39 is 0 Å². The van der Waals surface area contributed by atoms with Crippen molar-refractivity contribution >= 4 is 11.2 Å². The lowest BCUT2D eigenvalue weighted by molar-refractivity contribution is 0.347. The molecule has 0 radical (unpaired) electrons. The van der Waals surface area contributed by atoms with Crippen LogP contribution in [0.5, 0.6) is 0 Å². The molecule has 1 unspecified atom stereocenters.